The summed E-state index contributed by atoms with van der Waals surface area (Å²) in [5.41, 5.74) is 0. The van der Waals surface area contributed by atoms with Crippen LogP contribution in [0.1, 0.15) is 0 Å². The third kappa shape index (κ3) is 5.60. The van der Waals surface area contributed by atoms with Crippen molar-refractivity contribution in [2.45, 2.75) is 0 Å². The first kappa shape index (κ1) is 12.2. The molecule has 10 heavy (non-hydrogen) atoms. The summed E-state index contributed by atoms with van der Waals surface area (Å²) in [6.07, 6.45) is 0. The molecule has 0 aliphatic carbocycles. The Bertz CT molecular complexity index is 139. The molecule has 0 aromatic rings. The predicted octanol–water partition coefficient (Wildman–Crippen LogP) is -1.11. The summed E-state index contributed by atoms with van der Waals surface area (Å²) in [5, 5.41) is 7.62. The van der Waals surface area contributed by atoms with E-state index in [0.717, 1.165) is 0 Å². The molecule has 0 amide bonds. The number of carbonyl (C=O) groups excluding carboxylic acids is 1. The molecule has 0 spiro atoms. The molecule has 0 radical (unpaired) electrons. The van der Waals surface area contributed by atoms with Gasteiger partial charge in [0.05, 0.1) is 0 Å². The third-order valence-electron chi connectivity index (χ3n) is 0.371. The molecule has 52 valence electrons. The molecule has 0 fully saturated rings. The standard InChI is InChI=1S/C2HBF2O4.Li.H/c4-3(5)9-2(8)1(6)7;;/h(H,6,7);;. The zero-order valence-corrected chi connectivity index (χ0v) is 4.01. The van der Waals surface area contributed by atoms with E-state index in [1.807, 2.05) is 0 Å². The minimum atomic E-state index is -3.37. The molecule has 0 atom stereocenters. The van der Waals surface area contributed by atoms with Gasteiger partial charge in [0, 0.05) is 0 Å². The van der Waals surface area contributed by atoms with Crippen molar-refractivity contribution in [1.82, 2.24) is 0 Å². The molecular formula is C2H2BF2LiO4. The monoisotopic (exact) mass is 146 g/mol. The molecule has 0 aromatic carbocycles. The maximum absolute atomic E-state index is 10.9. The van der Waals surface area contributed by atoms with Crippen LogP contribution in [0.5, 0.6) is 0 Å². The van der Waals surface area contributed by atoms with Gasteiger partial charge in [0.2, 0.25) is 0 Å². The predicted molar refractivity (Wildman–Crippen MR) is 28.8 cm³/mol. The number of carboxylic acid groups (broad SMARTS) is 1. The number of rotatable bonds is 1. The fraction of sp³-hybridized carbons (Fsp3) is 0. The van der Waals surface area contributed by atoms with E-state index in [2.05, 4.69) is 4.65 Å². The summed E-state index contributed by atoms with van der Waals surface area (Å²) in [4.78, 5) is 19.1. The van der Waals surface area contributed by atoms with Crippen molar-refractivity contribution >= 4 is 38.3 Å². The first-order valence-corrected chi connectivity index (χ1v) is 1.76. The van der Waals surface area contributed by atoms with E-state index in [4.69, 9.17) is 5.11 Å². The van der Waals surface area contributed by atoms with Gasteiger partial charge < -0.3 is 9.76 Å². The van der Waals surface area contributed by atoms with Crippen molar-refractivity contribution in [2.24, 2.45) is 0 Å². The second-order valence-corrected chi connectivity index (χ2v) is 0.971. The van der Waals surface area contributed by atoms with Crippen LogP contribution >= 0.6 is 0 Å². The molecule has 0 rings (SSSR count). The first-order valence-electron chi connectivity index (χ1n) is 1.76. The molecular weight excluding hydrogens is 144 g/mol. The van der Waals surface area contributed by atoms with Gasteiger partial charge in [-0.3, -0.25) is 0 Å². The molecule has 0 bridgehead atoms. The summed E-state index contributed by atoms with van der Waals surface area (Å²) in [6, 6.07) is 0. The second kappa shape index (κ2) is 5.26. The van der Waals surface area contributed by atoms with Crippen LogP contribution in [0.2, 0.25) is 0 Å². The zero-order chi connectivity index (χ0) is 7.44. The summed E-state index contributed by atoms with van der Waals surface area (Å²) in [7, 11) is -3.37. The van der Waals surface area contributed by atoms with Gasteiger partial charge in [-0.1, -0.05) is 0 Å². The molecule has 4 nitrogen and oxygen atoms in total. The third-order valence-corrected chi connectivity index (χ3v) is 0.371. The average Bonchev–Trinajstić information content (AvgIpc) is 1.63. The van der Waals surface area contributed by atoms with E-state index >= 15 is 0 Å². The van der Waals surface area contributed by atoms with Gasteiger partial charge in [-0.15, -0.1) is 0 Å². The fourth-order valence-electron chi connectivity index (χ4n) is 0.131. The number of aliphatic carboxylic acids is 1. The van der Waals surface area contributed by atoms with Gasteiger partial charge in [-0.25, -0.2) is 18.2 Å². The van der Waals surface area contributed by atoms with Crippen molar-refractivity contribution in [3.63, 3.8) is 0 Å². The molecule has 0 unspecified atom stereocenters. The number of hydrogen-bond donors (Lipinski definition) is 1. The van der Waals surface area contributed by atoms with Gasteiger partial charge in [0.1, 0.15) is 0 Å². The van der Waals surface area contributed by atoms with E-state index in [-0.39, 0.29) is 18.9 Å². The zero-order valence-electron chi connectivity index (χ0n) is 4.01. The number of carboxylic acids is 1. The van der Waals surface area contributed by atoms with Crippen LogP contribution in [0.3, 0.4) is 0 Å². The van der Waals surface area contributed by atoms with Gasteiger partial charge >= 0.3 is 38.3 Å². The van der Waals surface area contributed by atoms with Crippen LogP contribution in [0, 0.1) is 0 Å². The van der Waals surface area contributed by atoms with Crippen molar-refractivity contribution < 1.29 is 28.0 Å². The topological polar surface area (TPSA) is 63.6 Å². The van der Waals surface area contributed by atoms with Crippen molar-refractivity contribution in [3.05, 3.63) is 0 Å². The number of hydrogen-bond acceptors (Lipinski definition) is 3. The molecule has 0 heterocycles. The van der Waals surface area contributed by atoms with Crippen LogP contribution in [0.4, 0.5) is 8.63 Å². The SMILES string of the molecule is O=C(O)C(=O)OB(F)F.[LiH]. The summed E-state index contributed by atoms with van der Waals surface area (Å²) >= 11 is 0. The summed E-state index contributed by atoms with van der Waals surface area (Å²) < 4.78 is 24.8. The second-order valence-electron chi connectivity index (χ2n) is 0.971. The molecule has 0 saturated heterocycles. The fourth-order valence-corrected chi connectivity index (χ4v) is 0.131. The maximum atomic E-state index is 10.9. The van der Waals surface area contributed by atoms with Gasteiger partial charge in [-0.05, 0) is 0 Å². The normalized spacial score (nSPS) is 7.40. The molecule has 0 aliphatic heterocycles. The summed E-state index contributed by atoms with van der Waals surface area (Å²) in [5.74, 6) is -3.99. The van der Waals surface area contributed by atoms with E-state index in [1.165, 1.54) is 0 Å². The van der Waals surface area contributed by atoms with Crippen LogP contribution in [-0.4, -0.2) is 43.4 Å². The van der Waals surface area contributed by atoms with Crippen molar-refractivity contribution in [2.75, 3.05) is 0 Å². The van der Waals surface area contributed by atoms with Crippen LogP contribution in [0.15, 0.2) is 0 Å². The van der Waals surface area contributed by atoms with Crippen LogP contribution in [-0.2, 0) is 14.2 Å². The van der Waals surface area contributed by atoms with Crippen LogP contribution < -0.4 is 0 Å². The molecule has 0 aromatic heterocycles. The quantitative estimate of drug-likeness (QED) is 0.376. The van der Waals surface area contributed by atoms with Gasteiger partial charge in [-0.2, -0.15) is 0 Å². The van der Waals surface area contributed by atoms with E-state index in [0.29, 0.717) is 0 Å². The Morgan fingerprint density at radius 2 is 1.80 bits per heavy atom. The Labute approximate surface area is 66.9 Å². The van der Waals surface area contributed by atoms with Crippen molar-refractivity contribution in [3.8, 4) is 0 Å². The number of carbonyl (C=O) groups is 2. The Balaban J connectivity index is 0. The Kier molecular flexibility index (Phi) is 6.40. The molecule has 1 N–H and O–H groups in total. The summed E-state index contributed by atoms with van der Waals surface area (Å²) in [6.45, 7) is 0. The molecule has 0 saturated carbocycles. The van der Waals surface area contributed by atoms with E-state index in [9.17, 15) is 18.2 Å². The molecule has 8 heteroatoms. The minimum absolute atomic E-state index is 0. The van der Waals surface area contributed by atoms with Crippen molar-refractivity contribution in [1.29, 1.82) is 0 Å². The van der Waals surface area contributed by atoms with E-state index < -0.39 is 19.4 Å². The molecule has 0 aliphatic rings. The van der Waals surface area contributed by atoms with E-state index in [1.54, 1.807) is 0 Å². The van der Waals surface area contributed by atoms with Gasteiger partial charge in [0.15, 0.2) is 0 Å². The Morgan fingerprint density at radius 3 is 1.90 bits per heavy atom. The average molecular weight is 146 g/mol. The Hall–Kier alpha value is -0.538. The number of halogens is 2. The van der Waals surface area contributed by atoms with Gasteiger partial charge in [0.25, 0.3) is 0 Å². The Morgan fingerprint density at radius 1 is 1.40 bits per heavy atom. The van der Waals surface area contributed by atoms with Crippen LogP contribution in [0.25, 0.3) is 0 Å². The first-order chi connectivity index (χ1) is 4.04.